The third-order valence-electron chi connectivity index (χ3n) is 3.49. The van der Waals surface area contributed by atoms with Crippen molar-refractivity contribution in [3.63, 3.8) is 0 Å². The molecule has 2 N–H and O–H groups in total. The fourth-order valence-electron chi connectivity index (χ4n) is 2.35. The van der Waals surface area contributed by atoms with Gasteiger partial charge in [0.05, 0.1) is 25.5 Å². The van der Waals surface area contributed by atoms with E-state index in [0.717, 1.165) is 0 Å². The summed E-state index contributed by atoms with van der Waals surface area (Å²) in [6.07, 6.45) is 1.48. The van der Waals surface area contributed by atoms with Crippen molar-refractivity contribution in [2.24, 2.45) is 4.99 Å². The third-order valence-corrected chi connectivity index (χ3v) is 3.49. The molecule has 1 heterocycles. The van der Waals surface area contributed by atoms with Gasteiger partial charge in [0.1, 0.15) is 5.82 Å². The summed E-state index contributed by atoms with van der Waals surface area (Å²) in [6, 6.07) is 9.44. The minimum atomic E-state index is -0.378. The van der Waals surface area contributed by atoms with E-state index in [9.17, 15) is 9.50 Å². The number of aromatic nitrogens is 1. The molecule has 1 aromatic heterocycles. The molecule has 0 aliphatic rings. The minimum absolute atomic E-state index is 0.0603. The number of aliphatic imine (C=N–C) groups is 1. The first kappa shape index (κ1) is 14.9. The average molecular weight is 314 g/mol. The number of benzene rings is 2. The first-order chi connectivity index (χ1) is 11.1. The molecular formula is C17H15FN2O3. The Morgan fingerprint density at radius 2 is 1.87 bits per heavy atom. The van der Waals surface area contributed by atoms with Gasteiger partial charge in [-0.2, -0.15) is 0 Å². The zero-order chi connectivity index (χ0) is 16.4. The van der Waals surface area contributed by atoms with Gasteiger partial charge in [-0.15, -0.1) is 0 Å². The van der Waals surface area contributed by atoms with E-state index in [1.807, 2.05) is 0 Å². The van der Waals surface area contributed by atoms with Crippen LogP contribution < -0.4 is 9.47 Å². The zero-order valence-corrected chi connectivity index (χ0v) is 12.6. The van der Waals surface area contributed by atoms with Crippen LogP contribution in [-0.4, -0.2) is 30.5 Å². The highest BCUT2D eigenvalue weighted by molar-refractivity contribution is 6.02. The Hall–Kier alpha value is -3.02. The highest BCUT2D eigenvalue weighted by atomic mass is 19.1. The van der Waals surface area contributed by atoms with Crippen molar-refractivity contribution in [2.75, 3.05) is 14.2 Å². The number of nitrogens with one attached hydrogen (secondary N) is 1. The van der Waals surface area contributed by atoms with Crippen LogP contribution in [0.15, 0.2) is 41.4 Å². The number of nitrogens with zero attached hydrogens (tertiary/aromatic N) is 1. The monoisotopic (exact) mass is 314 g/mol. The molecule has 0 unspecified atom stereocenters. The fraction of sp³-hybridized carbons (Fsp3) is 0.118. The number of ether oxygens (including phenoxy) is 2. The largest absolute Gasteiger partial charge is 0.494 e. The number of aromatic amines is 1. The first-order valence-electron chi connectivity index (χ1n) is 6.88. The standard InChI is InChI=1S/C17H15FN2O3/c1-22-15-6-4-11(8-16(15)23-2)19-9-13-12-7-10(18)3-5-14(12)20-17(13)21/h3-9,20-21H,1-2H3. The summed E-state index contributed by atoms with van der Waals surface area (Å²) in [6.45, 7) is 0. The van der Waals surface area contributed by atoms with Crippen LogP contribution in [0.5, 0.6) is 17.4 Å². The lowest BCUT2D eigenvalue weighted by Crippen LogP contribution is -1.89. The maximum Gasteiger partial charge on any atom is 0.198 e. The fourth-order valence-corrected chi connectivity index (χ4v) is 2.35. The van der Waals surface area contributed by atoms with E-state index in [2.05, 4.69) is 9.98 Å². The van der Waals surface area contributed by atoms with Gasteiger partial charge in [0.2, 0.25) is 0 Å². The quantitative estimate of drug-likeness (QED) is 0.720. The number of hydrogen-bond acceptors (Lipinski definition) is 4. The Kier molecular flexibility index (Phi) is 3.89. The van der Waals surface area contributed by atoms with Gasteiger partial charge in [0, 0.05) is 23.2 Å². The summed E-state index contributed by atoms with van der Waals surface area (Å²) >= 11 is 0. The molecule has 5 nitrogen and oxygen atoms in total. The molecule has 118 valence electrons. The summed E-state index contributed by atoms with van der Waals surface area (Å²) in [5.41, 5.74) is 1.68. The number of aromatic hydroxyl groups is 1. The highest BCUT2D eigenvalue weighted by Crippen LogP contribution is 2.32. The summed E-state index contributed by atoms with van der Waals surface area (Å²) in [5, 5.41) is 10.5. The number of fused-ring (bicyclic) bond motifs is 1. The Bertz CT molecular complexity index is 887. The van der Waals surface area contributed by atoms with Crippen molar-refractivity contribution >= 4 is 22.8 Å². The molecular weight excluding hydrogens is 299 g/mol. The van der Waals surface area contributed by atoms with Gasteiger partial charge in [0.15, 0.2) is 17.4 Å². The van der Waals surface area contributed by atoms with E-state index < -0.39 is 0 Å². The van der Waals surface area contributed by atoms with Crippen LogP contribution in [0.4, 0.5) is 10.1 Å². The van der Waals surface area contributed by atoms with Crippen LogP contribution in [0.1, 0.15) is 5.56 Å². The zero-order valence-electron chi connectivity index (χ0n) is 12.6. The average Bonchev–Trinajstić information content (AvgIpc) is 2.87. The summed E-state index contributed by atoms with van der Waals surface area (Å²) in [4.78, 5) is 7.09. The smallest absolute Gasteiger partial charge is 0.198 e. The van der Waals surface area contributed by atoms with Crippen molar-refractivity contribution < 1.29 is 19.0 Å². The predicted octanol–water partition coefficient (Wildman–Crippen LogP) is 3.78. The van der Waals surface area contributed by atoms with E-state index >= 15 is 0 Å². The molecule has 23 heavy (non-hydrogen) atoms. The third kappa shape index (κ3) is 2.83. The summed E-state index contributed by atoms with van der Waals surface area (Å²) < 4.78 is 23.8. The molecule has 3 rings (SSSR count). The molecule has 0 aliphatic carbocycles. The number of halogens is 1. The van der Waals surface area contributed by atoms with Crippen molar-refractivity contribution in [1.29, 1.82) is 0 Å². The molecule has 0 bridgehead atoms. The molecule has 0 saturated heterocycles. The first-order valence-corrected chi connectivity index (χ1v) is 6.88. The van der Waals surface area contributed by atoms with E-state index in [-0.39, 0.29) is 11.7 Å². The van der Waals surface area contributed by atoms with Crippen molar-refractivity contribution in [1.82, 2.24) is 4.98 Å². The molecule has 6 heteroatoms. The second kappa shape index (κ2) is 6.00. The van der Waals surface area contributed by atoms with E-state index in [4.69, 9.17) is 9.47 Å². The highest BCUT2D eigenvalue weighted by Gasteiger charge is 2.10. The number of hydrogen-bond donors (Lipinski definition) is 2. The lowest BCUT2D eigenvalue weighted by Gasteiger charge is -2.07. The van der Waals surface area contributed by atoms with E-state index in [0.29, 0.717) is 33.7 Å². The van der Waals surface area contributed by atoms with Gasteiger partial charge in [-0.3, -0.25) is 4.99 Å². The lowest BCUT2D eigenvalue weighted by atomic mass is 10.2. The summed E-state index contributed by atoms with van der Waals surface area (Å²) in [5.74, 6) is 0.715. The second-order valence-corrected chi connectivity index (χ2v) is 4.87. The summed E-state index contributed by atoms with van der Waals surface area (Å²) in [7, 11) is 3.10. The van der Waals surface area contributed by atoms with Crippen molar-refractivity contribution in [3.8, 4) is 17.4 Å². The minimum Gasteiger partial charge on any atom is -0.494 e. The Labute approximate surface area is 132 Å². The molecule has 0 fully saturated rings. The number of methoxy groups -OCH3 is 2. The number of rotatable bonds is 4. The molecule has 3 aromatic rings. The SMILES string of the molecule is COc1ccc(N=Cc2c(O)[nH]c3ccc(F)cc23)cc1OC. The Morgan fingerprint density at radius 3 is 2.61 bits per heavy atom. The molecule has 2 aromatic carbocycles. The van der Waals surface area contributed by atoms with Crippen LogP contribution >= 0.6 is 0 Å². The van der Waals surface area contributed by atoms with Crippen LogP contribution in [-0.2, 0) is 0 Å². The molecule has 0 saturated carbocycles. The normalized spacial score (nSPS) is 11.3. The Balaban J connectivity index is 2.00. The van der Waals surface area contributed by atoms with Gasteiger partial charge >= 0.3 is 0 Å². The second-order valence-electron chi connectivity index (χ2n) is 4.87. The van der Waals surface area contributed by atoms with Crippen LogP contribution in [0.3, 0.4) is 0 Å². The van der Waals surface area contributed by atoms with Crippen molar-refractivity contribution in [2.45, 2.75) is 0 Å². The molecule has 0 atom stereocenters. The topological polar surface area (TPSA) is 66.8 Å². The lowest BCUT2D eigenvalue weighted by molar-refractivity contribution is 0.355. The number of H-pyrrole nitrogens is 1. The van der Waals surface area contributed by atoms with Gasteiger partial charge < -0.3 is 19.6 Å². The predicted molar refractivity (Wildman–Crippen MR) is 86.7 cm³/mol. The Morgan fingerprint density at radius 1 is 1.09 bits per heavy atom. The van der Waals surface area contributed by atoms with Gasteiger partial charge in [-0.25, -0.2) is 4.39 Å². The van der Waals surface area contributed by atoms with Crippen molar-refractivity contribution in [3.05, 3.63) is 47.8 Å². The van der Waals surface area contributed by atoms with Gasteiger partial charge in [-0.05, 0) is 30.3 Å². The molecule has 0 amide bonds. The van der Waals surface area contributed by atoms with Gasteiger partial charge in [-0.1, -0.05) is 0 Å². The maximum absolute atomic E-state index is 13.4. The molecule has 0 aliphatic heterocycles. The van der Waals surface area contributed by atoms with E-state index in [1.54, 1.807) is 38.5 Å². The van der Waals surface area contributed by atoms with E-state index in [1.165, 1.54) is 18.3 Å². The van der Waals surface area contributed by atoms with Crippen LogP contribution in [0.25, 0.3) is 10.9 Å². The van der Waals surface area contributed by atoms with Gasteiger partial charge in [0.25, 0.3) is 0 Å². The maximum atomic E-state index is 13.4. The van der Waals surface area contributed by atoms with Crippen LogP contribution in [0, 0.1) is 5.82 Å². The van der Waals surface area contributed by atoms with Crippen LogP contribution in [0.2, 0.25) is 0 Å². The molecule has 0 spiro atoms. The molecule has 0 radical (unpaired) electrons.